The third-order valence-electron chi connectivity index (χ3n) is 4.98. The summed E-state index contributed by atoms with van der Waals surface area (Å²) in [5, 5.41) is 11.8. The maximum atomic E-state index is 12.7. The number of nitrogens with one attached hydrogen (secondary N) is 1. The Labute approximate surface area is 167 Å². The number of halogens is 1. The van der Waals surface area contributed by atoms with E-state index in [1.165, 1.54) is 4.68 Å². The fourth-order valence-corrected chi connectivity index (χ4v) is 3.59. The van der Waals surface area contributed by atoms with Gasteiger partial charge in [-0.25, -0.2) is 0 Å². The van der Waals surface area contributed by atoms with Crippen molar-refractivity contribution in [3.05, 3.63) is 58.1 Å². The molecular formula is C20H22ClN5O2. The van der Waals surface area contributed by atoms with Crippen LogP contribution in [-0.2, 0) is 11.8 Å². The molecule has 1 atom stereocenters. The van der Waals surface area contributed by atoms with E-state index in [-0.39, 0.29) is 10.6 Å². The second-order valence-corrected chi connectivity index (χ2v) is 7.32. The number of benzene rings is 1. The molecule has 3 heterocycles. The maximum Gasteiger partial charge on any atom is 0.292 e. The summed E-state index contributed by atoms with van der Waals surface area (Å²) in [6.07, 6.45) is 5.52. The summed E-state index contributed by atoms with van der Waals surface area (Å²) in [7, 11) is 1.89. The standard InChI is InChI=1S/C20H22ClN5O2/c1-25-18(8-9-23-25)15-4-6-16(7-5-15)26-20(27)19(21)17(12-24-26)22-11-14-3-2-10-28-13-14/h4-9,12,14,22H,2-3,10-11,13H2,1H3/t14-/m0/s1. The van der Waals surface area contributed by atoms with Crippen molar-refractivity contribution in [2.24, 2.45) is 13.0 Å². The molecule has 0 radical (unpaired) electrons. The van der Waals surface area contributed by atoms with Gasteiger partial charge in [0.1, 0.15) is 5.02 Å². The largest absolute Gasteiger partial charge is 0.382 e. The highest BCUT2D eigenvalue weighted by Crippen LogP contribution is 2.22. The number of anilines is 1. The first-order valence-electron chi connectivity index (χ1n) is 9.32. The van der Waals surface area contributed by atoms with E-state index in [0.717, 1.165) is 37.3 Å². The van der Waals surface area contributed by atoms with E-state index in [4.69, 9.17) is 16.3 Å². The van der Waals surface area contributed by atoms with Gasteiger partial charge in [0.05, 0.1) is 29.9 Å². The molecule has 0 aliphatic carbocycles. The van der Waals surface area contributed by atoms with Gasteiger partial charge >= 0.3 is 0 Å². The second-order valence-electron chi connectivity index (χ2n) is 6.94. The molecule has 4 rings (SSSR count). The fraction of sp³-hybridized carbons (Fsp3) is 0.350. The monoisotopic (exact) mass is 399 g/mol. The number of hydrogen-bond acceptors (Lipinski definition) is 5. The zero-order valence-electron chi connectivity index (χ0n) is 15.6. The van der Waals surface area contributed by atoms with Gasteiger partial charge in [0.15, 0.2) is 0 Å². The molecule has 28 heavy (non-hydrogen) atoms. The molecule has 1 aliphatic heterocycles. The van der Waals surface area contributed by atoms with Gasteiger partial charge < -0.3 is 10.1 Å². The molecule has 0 unspecified atom stereocenters. The van der Waals surface area contributed by atoms with E-state index in [2.05, 4.69) is 15.5 Å². The van der Waals surface area contributed by atoms with Gasteiger partial charge in [0.2, 0.25) is 0 Å². The van der Waals surface area contributed by atoms with Crippen LogP contribution in [0.15, 0.2) is 47.5 Å². The van der Waals surface area contributed by atoms with Crippen LogP contribution in [0, 0.1) is 5.92 Å². The molecule has 2 aromatic heterocycles. The average Bonchev–Trinajstić information content (AvgIpc) is 3.16. The molecule has 1 saturated heterocycles. The highest BCUT2D eigenvalue weighted by atomic mass is 35.5. The van der Waals surface area contributed by atoms with Crippen LogP contribution in [0.2, 0.25) is 5.02 Å². The molecule has 3 aromatic rings. The third kappa shape index (κ3) is 3.81. The lowest BCUT2D eigenvalue weighted by molar-refractivity contribution is 0.0595. The van der Waals surface area contributed by atoms with Crippen molar-refractivity contribution in [2.45, 2.75) is 12.8 Å². The van der Waals surface area contributed by atoms with Gasteiger partial charge in [-0.05, 0) is 42.5 Å². The van der Waals surface area contributed by atoms with Crippen molar-refractivity contribution in [2.75, 3.05) is 25.1 Å². The minimum absolute atomic E-state index is 0.141. The predicted molar refractivity (Wildman–Crippen MR) is 109 cm³/mol. The topological polar surface area (TPSA) is 74.0 Å². The van der Waals surface area contributed by atoms with Crippen LogP contribution in [0.4, 0.5) is 5.69 Å². The first-order chi connectivity index (χ1) is 13.6. The summed E-state index contributed by atoms with van der Waals surface area (Å²) >= 11 is 6.32. The second kappa shape index (κ2) is 8.16. The number of ether oxygens (including phenoxy) is 1. The van der Waals surface area contributed by atoms with Gasteiger partial charge in [-0.15, -0.1) is 0 Å². The first kappa shape index (κ1) is 18.7. The SMILES string of the molecule is Cn1nccc1-c1ccc(-n2ncc(NC[C@@H]3CCCOC3)c(Cl)c2=O)cc1. The normalized spacial score (nSPS) is 16.9. The molecule has 1 aromatic carbocycles. The van der Waals surface area contributed by atoms with E-state index >= 15 is 0 Å². The van der Waals surface area contributed by atoms with E-state index in [9.17, 15) is 4.79 Å². The molecule has 0 saturated carbocycles. The van der Waals surface area contributed by atoms with Crippen LogP contribution in [0.1, 0.15) is 12.8 Å². The van der Waals surface area contributed by atoms with Gasteiger partial charge in [-0.3, -0.25) is 9.48 Å². The summed E-state index contributed by atoms with van der Waals surface area (Å²) < 4.78 is 8.59. The summed E-state index contributed by atoms with van der Waals surface area (Å²) in [4.78, 5) is 12.7. The Morgan fingerprint density at radius 2 is 2.07 bits per heavy atom. The molecule has 0 amide bonds. The van der Waals surface area contributed by atoms with Crippen molar-refractivity contribution in [1.29, 1.82) is 0 Å². The lowest BCUT2D eigenvalue weighted by atomic mass is 10.0. The molecule has 7 nitrogen and oxygen atoms in total. The van der Waals surface area contributed by atoms with Crippen molar-refractivity contribution in [3.8, 4) is 16.9 Å². The highest BCUT2D eigenvalue weighted by Gasteiger charge is 2.16. The quantitative estimate of drug-likeness (QED) is 0.713. The molecule has 8 heteroatoms. The Hall–Kier alpha value is -2.64. The van der Waals surface area contributed by atoms with Crippen molar-refractivity contribution in [1.82, 2.24) is 19.6 Å². The summed E-state index contributed by atoms with van der Waals surface area (Å²) in [5.41, 5.74) is 2.87. The van der Waals surface area contributed by atoms with E-state index in [1.807, 2.05) is 37.4 Å². The Balaban J connectivity index is 1.53. The molecule has 1 N–H and O–H groups in total. The third-order valence-corrected chi connectivity index (χ3v) is 5.35. The zero-order valence-corrected chi connectivity index (χ0v) is 16.4. The van der Waals surface area contributed by atoms with E-state index in [1.54, 1.807) is 17.1 Å². The fourth-order valence-electron chi connectivity index (χ4n) is 3.39. The van der Waals surface area contributed by atoms with Crippen molar-refractivity contribution < 1.29 is 4.74 Å². The first-order valence-corrected chi connectivity index (χ1v) is 9.69. The number of aryl methyl sites for hydroxylation is 1. The van der Waals surface area contributed by atoms with Crippen LogP contribution in [0.5, 0.6) is 0 Å². The molecule has 1 fully saturated rings. The van der Waals surface area contributed by atoms with Gasteiger partial charge in [-0.1, -0.05) is 23.7 Å². The predicted octanol–water partition coefficient (Wildman–Crippen LogP) is 3.12. The van der Waals surface area contributed by atoms with Crippen LogP contribution < -0.4 is 10.9 Å². The number of hydrogen-bond donors (Lipinski definition) is 1. The number of aromatic nitrogens is 4. The summed E-state index contributed by atoms with van der Waals surface area (Å²) in [6, 6.07) is 9.50. The highest BCUT2D eigenvalue weighted by molar-refractivity contribution is 6.32. The molecule has 146 valence electrons. The molecular weight excluding hydrogens is 378 g/mol. The minimum Gasteiger partial charge on any atom is -0.382 e. The van der Waals surface area contributed by atoms with Gasteiger partial charge in [0, 0.05) is 26.4 Å². The zero-order chi connectivity index (χ0) is 19.5. The molecule has 0 bridgehead atoms. The summed E-state index contributed by atoms with van der Waals surface area (Å²) in [6.45, 7) is 2.27. The molecule has 0 spiro atoms. The van der Waals surface area contributed by atoms with Gasteiger partial charge in [0.25, 0.3) is 5.56 Å². The van der Waals surface area contributed by atoms with E-state index < -0.39 is 0 Å². The average molecular weight is 400 g/mol. The van der Waals surface area contributed by atoms with Gasteiger partial charge in [-0.2, -0.15) is 14.9 Å². The maximum absolute atomic E-state index is 12.7. The Bertz CT molecular complexity index is 1010. The lowest BCUT2D eigenvalue weighted by Crippen LogP contribution is -2.26. The Kier molecular flexibility index (Phi) is 5.45. The Morgan fingerprint density at radius 3 is 2.75 bits per heavy atom. The summed E-state index contributed by atoms with van der Waals surface area (Å²) in [5.74, 6) is 0.423. The van der Waals surface area contributed by atoms with Crippen molar-refractivity contribution in [3.63, 3.8) is 0 Å². The number of nitrogens with zero attached hydrogens (tertiary/aromatic N) is 4. The number of rotatable bonds is 5. The smallest absolute Gasteiger partial charge is 0.292 e. The Morgan fingerprint density at radius 1 is 1.25 bits per heavy atom. The van der Waals surface area contributed by atoms with E-state index in [0.29, 0.717) is 23.8 Å². The molecule has 1 aliphatic rings. The van der Waals surface area contributed by atoms with Crippen LogP contribution >= 0.6 is 11.6 Å². The van der Waals surface area contributed by atoms with Crippen LogP contribution in [0.3, 0.4) is 0 Å². The van der Waals surface area contributed by atoms with Crippen molar-refractivity contribution >= 4 is 17.3 Å². The lowest BCUT2D eigenvalue weighted by Gasteiger charge is -2.22. The minimum atomic E-state index is -0.347. The van der Waals surface area contributed by atoms with Crippen LogP contribution in [-0.4, -0.2) is 39.3 Å². The van der Waals surface area contributed by atoms with Crippen LogP contribution in [0.25, 0.3) is 16.9 Å².